The fourth-order valence-electron chi connectivity index (χ4n) is 4.40. The molecule has 3 fully saturated rings. The van der Waals surface area contributed by atoms with Crippen molar-refractivity contribution in [3.63, 3.8) is 0 Å². The Hall–Kier alpha value is -0.650. The van der Waals surface area contributed by atoms with Crippen LogP contribution in [-0.2, 0) is 14.3 Å². The number of hydrogen-bond acceptors (Lipinski definition) is 4. The lowest BCUT2D eigenvalue weighted by Gasteiger charge is -2.58. The lowest BCUT2D eigenvalue weighted by atomic mass is 9.54. The van der Waals surface area contributed by atoms with Gasteiger partial charge in [-0.25, -0.2) is 0 Å². The van der Waals surface area contributed by atoms with Crippen molar-refractivity contribution in [3.05, 3.63) is 0 Å². The second-order valence-corrected chi connectivity index (χ2v) is 7.93. The summed E-state index contributed by atoms with van der Waals surface area (Å²) in [6.45, 7) is 10.1. The normalized spacial score (nSPS) is 36.4. The SMILES string of the molecule is CCOC1CC(N)(C(=O)N2CCC3(CCOCC3)C2)C1(C)C. The fraction of sp³-hybridized carbons (Fsp3) is 0.941. The van der Waals surface area contributed by atoms with E-state index < -0.39 is 5.54 Å². The van der Waals surface area contributed by atoms with E-state index >= 15 is 0 Å². The summed E-state index contributed by atoms with van der Waals surface area (Å²) in [5.74, 6) is 0.122. The Balaban J connectivity index is 1.67. The molecule has 3 rings (SSSR count). The highest BCUT2D eigenvalue weighted by Gasteiger charge is 2.64. The molecular formula is C17H30N2O3. The van der Waals surface area contributed by atoms with Gasteiger partial charge in [0, 0.05) is 44.7 Å². The third-order valence-electron chi connectivity index (χ3n) is 6.49. The Morgan fingerprint density at radius 2 is 2.00 bits per heavy atom. The first-order chi connectivity index (χ1) is 10.3. The number of ether oxygens (including phenoxy) is 2. The number of carbonyl (C=O) groups excluding carboxylic acids is 1. The van der Waals surface area contributed by atoms with Crippen LogP contribution in [0.3, 0.4) is 0 Å². The smallest absolute Gasteiger partial charge is 0.243 e. The predicted molar refractivity (Wildman–Crippen MR) is 84.4 cm³/mol. The molecule has 2 saturated heterocycles. The highest BCUT2D eigenvalue weighted by Crippen LogP contribution is 2.51. The third kappa shape index (κ3) is 2.29. The maximum absolute atomic E-state index is 13.1. The molecule has 0 aromatic carbocycles. The number of carbonyl (C=O) groups is 1. The topological polar surface area (TPSA) is 64.8 Å². The van der Waals surface area contributed by atoms with Gasteiger partial charge in [-0.2, -0.15) is 0 Å². The van der Waals surface area contributed by atoms with Gasteiger partial charge in [0.2, 0.25) is 5.91 Å². The molecular weight excluding hydrogens is 280 g/mol. The van der Waals surface area contributed by atoms with E-state index in [0.717, 1.165) is 45.6 Å². The number of nitrogens with two attached hydrogens (primary N) is 1. The van der Waals surface area contributed by atoms with Crippen LogP contribution in [0.2, 0.25) is 0 Å². The highest BCUT2D eigenvalue weighted by molar-refractivity contribution is 5.89. The molecule has 0 aromatic heterocycles. The van der Waals surface area contributed by atoms with E-state index in [-0.39, 0.29) is 22.8 Å². The monoisotopic (exact) mass is 310 g/mol. The van der Waals surface area contributed by atoms with Crippen LogP contribution in [0.15, 0.2) is 0 Å². The maximum atomic E-state index is 13.1. The molecule has 0 bridgehead atoms. The molecule has 1 saturated carbocycles. The molecule has 5 nitrogen and oxygen atoms in total. The van der Waals surface area contributed by atoms with Gasteiger partial charge in [0.1, 0.15) is 5.54 Å². The van der Waals surface area contributed by atoms with E-state index in [0.29, 0.717) is 13.0 Å². The van der Waals surface area contributed by atoms with Crippen molar-refractivity contribution in [3.8, 4) is 0 Å². The van der Waals surface area contributed by atoms with Gasteiger partial charge >= 0.3 is 0 Å². The fourth-order valence-corrected chi connectivity index (χ4v) is 4.40. The van der Waals surface area contributed by atoms with Crippen molar-refractivity contribution in [2.45, 2.75) is 58.1 Å². The van der Waals surface area contributed by atoms with Crippen molar-refractivity contribution >= 4 is 5.91 Å². The summed E-state index contributed by atoms with van der Waals surface area (Å²) >= 11 is 0. The van der Waals surface area contributed by atoms with Crippen molar-refractivity contribution in [1.82, 2.24) is 4.90 Å². The second-order valence-electron chi connectivity index (χ2n) is 7.93. The molecule has 3 aliphatic rings. The molecule has 0 aromatic rings. The minimum absolute atomic E-state index is 0.0890. The average Bonchev–Trinajstić information content (AvgIpc) is 2.90. The summed E-state index contributed by atoms with van der Waals surface area (Å²) in [6.07, 6.45) is 3.96. The molecule has 22 heavy (non-hydrogen) atoms. The number of likely N-dealkylation sites (tertiary alicyclic amines) is 1. The standard InChI is InChI=1S/C17H30N2O3/c1-4-22-13-11-17(18,15(13,2)3)14(20)19-8-5-16(12-19)6-9-21-10-7-16/h13H,4-12,18H2,1-3H3. The van der Waals surface area contributed by atoms with Gasteiger partial charge in [-0.3, -0.25) is 4.79 Å². The van der Waals surface area contributed by atoms with Crippen molar-refractivity contribution in [2.75, 3.05) is 32.9 Å². The highest BCUT2D eigenvalue weighted by atomic mass is 16.5. The molecule has 2 aliphatic heterocycles. The van der Waals surface area contributed by atoms with Gasteiger partial charge in [0.15, 0.2) is 0 Å². The van der Waals surface area contributed by atoms with Crippen molar-refractivity contribution in [1.29, 1.82) is 0 Å². The molecule has 2 heterocycles. The van der Waals surface area contributed by atoms with Gasteiger partial charge in [-0.15, -0.1) is 0 Å². The van der Waals surface area contributed by atoms with Crippen LogP contribution in [0.5, 0.6) is 0 Å². The first-order valence-electron chi connectivity index (χ1n) is 8.62. The predicted octanol–water partition coefficient (Wildman–Crippen LogP) is 1.55. The first-order valence-corrected chi connectivity index (χ1v) is 8.62. The summed E-state index contributed by atoms with van der Waals surface area (Å²) in [5.41, 5.74) is 5.75. The molecule has 0 radical (unpaired) electrons. The van der Waals surface area contributed by atoms with E-state index in [1.807, 2.05) is 11.8 Å². The van der Waals surface area contributed by atoms with E-state index in [4.69, 9.17) is 15.2 Å². The lowest BCUT2D eigenvalue weighted by Crippen LogP contribution is -2.76. The number of rotatable bonds is 3. The Bertz CT molecular complexity index is 445. The summed E-state index contributed by atoms with van der Waals surface area (Å²) in [6, 6.07) is 0. The molecule has 5 heteroatoms. The largest absolute Gasteiger partial charge is 0.381 e. The molecule has 1 spiro atoms. The Morgan fingerprint density at radius 1 is 1.32 bits per heavy atom. The van der Waals surface area contributed by atoms with Crippen LogP contribution < -0.4 is 5.73 Å². The van der Waals surface area contributed by atoms with E-state index in [9.17, 15) is 4.79 Å². The van der Waals surface area contributed by atoms with Crippen LogP contribution in [0.25, 0.3) is 0 Å². The van der Waals surface area contributed by atoms with Crippen molar-refractivity contribution in [2.24, 2.45) is 16.6 Å². The van der Waals surface area contributed by atoms with Crippen LogP contribution >= 0.6 is 0 Å². The van der Waals surface area contributed by atoms with E-state index in [2.05, 4.69) is 13.8 Å². The van der Waals surface area contributed by atoms with E-state index in [1.54, 1.807) is 0 Å². The van der Waals surface area contributed by atoms with Crippen LogP contribution in [0, 0.1) is 10.8 Å². The Labute approximate surface area is 133 Å². The van der Waals surface area contributed by atoms with Crippen LogP contribution in [0.4, 0.5) is 0 Å². The molecule has 2 N–H and O–H groups in total. The average molecular weight is 310 g/mol. The molecule has 1 aliphatic carbocycles. The van der Waals surface area contributed by atoms with Gasteiger partial charge in [-0.05, 0) is 31.6 Å². The van der Waals surface area contributed by atoms with Crippen molar-refractivity contribution < 1.29 is 14.3 Å². The lowest BCUT2D eigenvalue weighted by molar-refractivity contribution is -0.179. The minimum atomic E-state index is -0.774. The molecule has 2 atom stereocenters. The molecule has 2 unspecified atom stereocenters. The quantitative estimate of drug-likeness (QED) is 0.859. The first kappa shape index (κ1) is 16.2. The van der Waals surface area contributed by atoms with E-state index in [1.165, 1.54) is 0 Å². The van der Waals surface area contributed by atoms with Crippen LogP contribution in [-0.4, -0.2) is 55.4 Å². The van der Waals surface area contributed by atoms with Gasteiger partial charge in [0.05, 0.1) is 6.10 Å². The zero-order chi connectivity index (χ0) is 16.0. The van der Waals surface area contributed by atoms with Gasteiger partial charge in [-0.1, -0.05) is 13.8 Å². The minimum Gasteiger partial charge on any atom is -0.381 e. The number of nitrogens with zero attached hydrogens (tertiary/aromatic N) is 1. The summed E-state index contributed by atoms with van der Waals surface area (Å²) in [4.78, 5) is 15.1. The summed E-state index contributed by atoms with van der Waals surface area (Å²) < 4.78 is 11.2. The maximum Gasteiger partial charge on any atom is 0.243 e. The summed E-state index contributed by atoms with van der Waals surface area (Å²) in [7, 11) is 0. The Kier molecular flexibility index (Phi) is 4.03. The third-order valence-corrected chi connectivity index (χ3v) is 6.49. The second kappa shape index (κ2) is 5.46. The number of amides is 1. The van der Waals surface area contributed by atoms with Crippen LogP contribution in [0.1, 0.15) is 46.5 Å². The number of hydrogen-bond donors (Lipinski definition) is 1. The van der Waals surface area contributed by atoms with Gasteiger partial charge < -0.3 is 20.1 Å². The molecule has 1 amide bonds. The Morgan fingerprint density at radius 3 is 2.59 bits per heavy atom. The van der Waals surface area contributed by atoms with Gasteiger partial charge in [0.25, 0.3) is 0 Å². The summed E-state index contributed by atoms with van der Waals surface area (Å²) in [5, 5.41) is 0. The molecule has 126 valence electrons. The zero-order valence-electron chi connectivity index (χ0n) is 14.2. The zero-order valence-corrected chi connectivity index (χ0v) is 14.2.